The Balaban J connectivity index is 1.56. The number of amides is 1. The van der Waals surface area contributed by atoms with Crippen molar-refractivity contribution in [2.45, 2.75) is 32.0 Å². The molecule has 0 fully saturated rings. The fourth-order valence-electron chi connectivity index (χ4n) is 2.69. The van der Waals surface area contributed by atoms with E-state index in [9.17, 15) is 4.79 Å². The normalized spacial score (nSPS) is 10.7. The summed E-state index contributed by atoms with van der Waals surface area (Å²) >= 11 is 2.83. The molecule has 2 N–H and O–H groups in total. The van der Waals surface area contributed by atoms with E-state index in [1.807, 2.05) is 38.1 Å². The molecule has 1 heterocycles. The number of carbonyl (C=O) groups is 1. The molecule has 0 unspecified atom stereocenters. The molecule has 140 valence electrons. The topological polar surface area (TPSA) is 66.9 Å². The van der Waals surface area contributed by atoms with Crippen molar-refractivity contribution >= 4 is 45.5 Å². The summed E-state index contributed by atoms with van der Waals surface area (Å²) in [4.78, 5) is 12.2. The molecule has 1 aromatic heterocycles. The van der Waals surface area contributed by atoms with Crippen molar-refractivity contribution in [2.24, 2.45) is 0 Å². The average molecular weight is 399 g/mol. The summed E-state index contributed by atoms with van der Waals surface area (Å²) in [5, 5.41) is 15.3. The van der Waals surface area contributed by atoms with Gasteiger partial charge in [-0.1, -0.05) is 41.3 Å². The third-order valence-corrected chi connectivity index (χ3v) is 6.06. The molecule has 7 heteroatoms. The lowest BCUT2D eigenvalue weighted by Crippen LogP contribution is -2.14. The van der Waals surface area contributed by atoms with E-state index in [2.05, 4.69) is 46.8 Å². The molecule has 3 rings (SSSR count). The van der Waals surface area contributed by atoms with Crippen LogP contribution in [0.1, 0.15) is 22.3 Å². The summed E-state index contributed by atoms with van der Waals surface area (Å²) in [6, 6.07) is 12.1. The number of thioether (sulfide) groups is 1. The molecule has 0 radical (unpaired) electrons. The molecule has 0 aliphatic heterocycles. The molecule has 27 heavy (non-hydrogen) atoms. The highest BCUT2D eigenvalue weighted by atomic mass is 32.2. The van der Waals surface area contributed by atoms with Crippen LogP contribution in [0.4, 0.5) is 16.5 Å². The van der Waals surface area contributed by atoms with Gasteiger partial charge < -0.3 is 10.6 Å². The molecule has 3 aromatic rings. The van der Waals surface area contributed by atoms with Crippen molar-refractivity contribution in [1.29, 1.82) is 0 Å². The van der Waals surface area contributed by atoms with Crippen LogP contribution in [0.15, 0.2) is 40.7 Å². The molecule has 0 spiro atoms. The van der Waals surface area contributed by atoms with Gasteiger partial charge in [-0.05, 0) is 68.1 Å². The van der Waals surface area contributed by atoms with Crippen molar-refractivity contribution in [3.63, 3.8) is 0 Å². The highest BCUT2D eigenvalue weighted by Crippen LogP contribution is 2.29. The maximum Gasteiger partial charge on any atom is 0.234 e. The predicted molar refractivity (Wildman–Crippen MR) is 114 cm³/mol. The molecule has 0 aliphatic carbocycles. The van der Waals surface area contributed by atoms with Crippen LogP contribution in [0.3, 0.4) is 0 Å². The fraction of sp³-hybridized carbons (Fsp3) is 0.250. The Labute approximate surface area is 167 Å². The summed E-state index contributed by atoms with van der Waals surface area (Å²) < 4.78 is 0.762. The van der Waals surface area contributed by atoms with Crippen molar-refractivity contribution < 1.29 is 4.79 Å². The first kappa shape index (κ1) is 19.4. The van der Waals surface area contributed by atoms with Gasteiger partial charge in [-0.15, -0.1) is 10.2 Å². The average Bonchev–Trinajstić information content (AvgIpc) is 3.04. The van der Waals surface area contributed by atoms with Gasteiger partial charge in [0.2, 0.25) is 11.0 Å². The van der Waals surface area contributed by atoms with Gasteiger partial charge in [0.05, 0.1) is 5.75 Å². The van der Waals surface area contributed by atoms with Gasteiger partial charge in [0.15, 0.2) is 4.34 Å². The minimum atomic E-state index is -0.0516. The van der Waals surface area contributed by atoms with Crippen LogP contribution >= 0.6 is 23.1 Å². The predicted octanol–water partition coefficient (Wildman–Crippen LogP) is 5.25. The quantitative estimate of drug-likeness (QED) is 0.555. The Bertz CT molecular complexity index is 948. The third-order valence-electron chi connectivity index (χ3n) is 4.08. The number of aromatic nitrogens is 2. The van der Waals surface area contributed by atoms with Crippen molar-refractivity contribution in [1.82, 2.24) is 10.2 Å². The van der Waals surface area contributed by atoms with E-state index in [0.717, 1.165) is 32.0 Å². The van der Waals surface area contributed by atoms with E-state index in [1.165, 1.54) is 34.2 Å². The van der Waals surface area contributed by atoms with Gasteiger partial charge in [0.1, 0.15) is 0 Å². The molecule has 0 bridgehead atoms. The van der Waals surface area contributed by atoms with Gasteiger partial charge >= 0.3 is 0 Å². The minimum absolute atomic E-state index is 0.0516. The summed E-state index contributed by atoms with van der Waals surface area (Å²) in [6.07, 6.45) is 0. The number of rotatable bonds is 6. The van der Waals surface area contributed by atoms with Gasteiger partial charge in [-0.2, -0.15) is 0 Å². The van der Waals surface area contributed by atoms with E-state index in [1.54, 1.807) is 0 Å². The van der Waals surface area contributed by atoms with Gasteiger partial charge in [0.25, 0.3) is 0 Å². The van der Waals surface area contributed by atoms with Crippen LogP contribution < -0.4 is 10.6 Å². The highest BCUT2D eigenvalue weighted by Gasteiger charge is 2.10. The second-order valence-electron chi connectivity index (χ2n) is 6.46. The van der Waals surface area contributed by atoms with Gasteiger partial charge in [0, 0.05) is 11.4 Å². The molecule has 2 aromatic carbocycles. The molecule has 0 saturated carbocycles. The van der Waals surface area contributed by atoms with Crippen molar-refractivity contribution in [3.8, 4) is 0 Å². The molecule has 0 aliphatic rings. The number of nitrogens with one attached hydrogen (secondary N) is 2. The Hall–Kier alpha value is -2.38. The number of hydrogen-bond acceptors (Lipinski definition) is 6. The third kappa shape index (κ3) is 5.30. The first-order valence-electron chi connectivity index (χ1n) is 8.58. The SMILES string of the molecule is Cc1cc(C)cc(NC(=O)CSc2nnc(Nc3cccc(C)c3C)s2)c1. The second kappa shape index (κ2) is 8.54. The second-order valence-corrected chi connectivity index (χ2v) is 8.66. The monoisotopic (exact) mass is 398 g/mol. The highest BCUT2D eigenvalue weighted by molar-refractivity contribution is 8.01. The zero-order valence-electron chi connectivity index (χ0n) is 15.8. The molecular weight excluding hydrogens is 376 g/mol. The van der Waals surface area contributed by atoms with E-state index < -0.39 is 0 Å². The van der Waals surface area contributed by atoms with Crippen LogP contribution in [-0.4, -0.2) is 21.9 Å². The first-order valence-corrected chi connectivity index (χ1v) is 10.4. The number of anilines is 3. The zero-order valence-corrected chi connectivity index (χ0v) is 17.4. The van der Waals surface area contributed by atoms with Crippen molar-refractivity contribution in [2.75, 3.05) is 16.4 Å². The van der Waals surface area contributed by atoms with Gasteiger partial charge in [-0.25, -0.2) is 0 Å². The summed E-state index contributed by atoms with van der Waals surface area (Å²) in [6.45, 7) is 8.19. The summed E-state index contributed by atoms with van der Waals surface area (Å²) in [5.74, 6) is 0.245. The molecule has 1 amide bonds. The zero-order chi connectivity index (χ0) is 19.4. The number of nitrogens with zero attached hydrogens (tertiary/aromatic N) is 2. The fourth-order valence-corrected chi connectivity index (χ4v) is 4.26. The number of benzene rings is 2. The van der Waals surface area contributed by atoms with Crippen LogP contribution in [0, 0.1) is 27.7 Å². The van der Waals surface area contributed by atoms with E-state index in [0.29, 0.717) is 5.75 Å². The Morgan fingerprint density at radius 1 is 1.07 bits per heavy atom. The van der Waals surface area contributed by atoms with E-state index >= 15 is 0 Å². The smallest absolute Gasteiger partial charge is 0.234 e. The standard InChI is InChI=1S/C20H22N4OS2/c1-12-8-13(2)10-16(9-12)21-18(25)11-26-20-24-23-19(27-20)22-17-7-5-6-14(3)15(17)4/h5-10H,11H2,1-4H3,(H,21,25)(H,22,23). The minimum Gasteiger partial charge on any atom is -0.330 e. The number of hydrogen-bond donors (Lipinski definition) is 2. The number of aryl methyl sites for hydroxylation is 3. The van der Waals surface area contributed by atoms with Crippen LogP contribution in [0.5, 0.6) is 0 Å². The first-order chi connectivity index (χ1) is 12.9. The lowest BCUT2D eigenvalue weighted by Gasteiger charge is -2.08. The van der Waals surface area contributed by atoms with Crippen LogP contribution in [0.2, 0.25) is 0 Å². The Morgan fingerprint density at radius 2 is 1.81 bits per heavy atom. The maximum absolute atomic E-state index is 12.2. The molecule has 0 saturated heterocycles. The number of carbonyl (C=O) groups excluding carboxylic acids is 1. The molecule has 0 atom stereocenters. The lowest BCUT2D eigenvalue weighted by atomic mass is 10.1. The van der Waals surface area contributed by atoms with Gasteiger partial charge in [-0.3, -0.25) is 4.79 Å². The maximum atomic E-state index is 12.2. The lowest BCUT2D eigenvalue weighted by molar-refractivity contribution is -0.113. The Kier molecular flexibility index (Phi) is 6.13. The van der Waals surface area contributed by atoms with E-state index in [4.69, 9.17) is 0 Å². The Morgan fingerprint density at radius 3 is 2.56 bits per heavy atom. The largest absolute Gasteiger partial charge is 0.330 e. The van der Waals surface area contributed by atoms with Crippen LogP contribution in [-0.2, 0) is 4.79 Å². The summed E-state index contributed by atoms with van der Waals surface area (Å²) in [5.41, 5.74) is 6.52. The molecule has 5 nitrogen and oxygen atoms in total. The van der Waals surface area contributed by atoms with Crippen LogP contribution in [0.25, 0.3) is 0 Å². The molecular formula is C20H22N4OS2. The summed E-state index contributed by atoms with van der Waals surface area (Å²) in [7, 11) is 0. The van der Waals surface area contributed by atoms with E-state index in [-0.39, 0.29) is 5.91 Å². The van der Waals surface area contributed by atoms with Crippen molar-refractivity contribution in [3.05, 3.63) is 58.7 Å².